The summed E-state index contributed by atoms with van der Waals surface area (Å²) in [5, 5.41) is 0.741. The molecule has 1 aliphatic carbocycles. The number of rotatable bonds is 2. The summed E-state index contributed by atoms with van der Waals surface area (Å²) in [6.07, 6.45) is 3.71. The van der Waals surface area contributed by atoms with Gasteiger partial charge in [-0.25, -0.2) is 13.8 Å². The minimum absolute atomic E-state index is 0.123. The molecule has 5 rings (SSSR count). The van der Waals surface area contributed by atoms with Gasteiger partial charge >= 0.3 is 0 Å². The third-order valence-corrected chi connectivity index (χ3v) is 5.70. The van der Waals surface area contributed by atoms with Crippen molar-refractivity contribution in [3.05, 3.63) is 60.4 Å². The fourth-order valence-electron chi connectivity index (χ4n) is 4.10. The molecule has 6 heteroatoms. The summed E-state index contributed by atoms with van der Waals surface area (Å²) in [7, 11) is 0. The van der Waals surface area contributed by atoms with Gasteiger partial charge in [0.05, 0.1) is 16.8 Å². The summed E-state index contributed by atoms with van der Waals surface area (Å²) in [5.41, 5.74) is 2.75. The quantitative estimate of drug-likeness (QED) is 0.689. The van der Waals surface area contributed by atoms with Crippen molar-refractivity contribution >= 4 is 16.8 Å². The van der Waals surface area contributed by atoms with Crippen molar-refractivity contribution in [3.63, 3.8) is 0 Å². The van der Waals surface area contributed by atoms with Crippen molar-refractivity contribution < 1.29 is 13.6 Å². The zero-order chi connectivity index (χ0) is 18.6. The molecule has 2 fully saturated rings. The third-order valence-electron chi connectivity index (χ3n) is 5.70. The van der Waals surface area contributed by atoms with Gasteiger partial charge in [0.15, 0.2) is 0 Å². The van der Waals surface area contributed by atoms with Crippen molar-refractivity contribution in [1.29, 1.82) is 0 Å². The number of carbonyl (C=O) groups excluding carboxylic acids is 1. The van der Waals surface area contributed by atoms with E-state index in [1.807, 2.05) is 36.4 Å². The predicted molar refractivity (Wildman–Crippen MR) is 97.4 cm³/mol. The maximum absolute atomic E-state index is 13.7. The number of pyridine rings is 2. The second-order valence-electron chi connectivity index (χ2n) is 7.24. The summed E-state index contributed by atoms with van der Waals surface area (Å²) < 4.78 is 27.5. The first-order valence-electron chi connectivity index (χ1n) is 9.03. The number of halogens is 2. The van der Waals surface area contributed by atoms with Crippen LogP contribution in [0.2, 0.25) is 0 Å². The lowest BCUT2D eigenvalue weighted by molar-refractivity contribution is 0.0692. The van der Waals surface area contributed by atoms with Crippen molar-refractivity contribution in [2.24, 2.45) is 11.8 Å². The second kappa shape index (κ2) is 5.81. The minimum Gasteiger partial charge on any atom is -0.338 e. The molecule has 3 aromatic rings. The first-order valence-corrected chi connectivity index (χ1v) is 9.03. The van der Waals surface area contributed by atoms with Gasteiger partial charge in [-0.3, -0.25) is 9.78 Å². The largest absolute Gasteiger partial charge is 0.338 e. The third kappa shape index (κ3) is 2.59. The van der Waals surface area contributed by atoms with E-state index in [1.54, 1.807) is 23.4 Å². The van der Waals surface area contributed by atoms with Crippen molar-refractivity contribution in [3.8, 4) is 11.3 Å². The van der Waals surface area contributed by atoms with Gasteiger partial charge in [0.2, 0.25) is 0 Å². The number of para-hydroxylation sites is 1. The molecule has 3 heterocycles. The van der Waals surface area contributed by atoms with Crippen LogP contribution in [0.3, 0.4) is 0 Å². The van der Waals surface area contributed by atoms with Gasteiger partial charge in [-0.2, -0.15) is 0 Å². The molecule has 0 bridgehead atoms. The second-order valence-corrected chi connectivity index (χ2v) is 7.24. The molecular weight excluding hydrogens is 348 g/mol. The van der Waals surface area contributed by atoms with E-state index in [0.29, 0.717) is 29.7 Å². The summed E-state index contributed by atoms with van der Waals surface area (Å²) in [4.78, 5) is 23.5. The normalized spacial score (nSPS) is 23.1. The van der Waals surface area contributed by atoms with E-state index in [2.05, 4.69) is 9.97 Å². The number of nitrogens with zero attached hydrogens (tertiary/aromatic N) is 3. The predicted octanol–water partition coefficient (Wildman–Crippen LogP) is 4.02. The highest BCUT2D eigenvalue weighted by molar-refractivity contribution is 6.07. The Kier molecular flexibility index (Phi) is 3.50. The molecule has 2 aliphatic rings. The maximum atomic E-state index is 13.7. The highest BCUT2D eigenvalue weighted by Gasteiger charge is 2.69. The van der Waals surface area contributed by atoms with Gasteiger partial charge in [0, 0.05) is 48.3 Å². The van der Waals surface area contributed by atoms with Crippen LogP contribution in [0.5, 0.6) is 0 Å². The van der Waals surface area contributed by atoms with Crippen LogP contribution in [-0.4, -0.2) is 39.8 Å². The van der Waals surface area contributed by atoms with Crippen molar-refractivity contribution in [2.75, 3.05) is 13.1 Å². The Morgan fingerprint density at radius 3 is 2.67 bits per heavy atom. The molecule has 1 saturated heterocycles. The van der Waals surface area contributed by atoms with Crippen molar-refractivity contribution in [2.45, 2.75) is 12.3 Å². The monoisotopic (exact) mass is 365 g/mol. The Balaban J connectivity index is 1.56. The number of alkyl halides is 2. The van der Waals surface area contributed by atoms with Crippen LogP contribution >= 0.6 is 0 Å². The molecule has 0 radical (unpaired) electrons. The van der Waals surface area contributed by atoms with Gasteiger partial charge in [0.25, 0.3) is 11.8 Å². The van der Waals surface area contributed by atoms with E-state index in [1.165, 1.54) is 0 Å². The standard InChI is InChI=1S/C21H17F2N3O/c22-21(23)16-7-10-26(12-17(16)21)20(27)15-11-19(13-5-8-24-9-6-13)25-18-4-2-1-3-14(15)18/h1-6,8-9,11,16-17H,7,10,12H2. The minimum atomic E-state index is -2.61. The molecule has 136 valence electrons. The van der Waals surface area contributed by atoms with E-state index >= 15 is 0 Å². The van der Waals surface area contributed by atoms with Crippen LogP contribution in [0.1, 0.15) is 16.8 Å². The molecule has 2 atom stereocenters. The highest BCUT2D eigenvalue weighted by Crippen LogP contribution is 2.59. The number of benzene rings is 1. The fraction of sp³-hybridized carbons (Fsp3) is 0.286. The molecule has 2 unspecified atom stereocenters. The van der Waals surface area contributed by atoms with E-state index in [0.717, 1.165) is 10.9 Å². The number of hydrogen-bond acceptors (Lipinski definition) is 3. The summed E-state index contributed by atoms with van der Waals surface area (Å²) in [6.45, 7) is 0.495. The molecule has 1 saturated carbocycles. The van der Waals surface area contributed by atoms with E-state index in [9.17, 15) is 13.6 Å². The van der Waals surface area contributed by atoms with Crippen molar-refractivity contribution in [1.82, 2.24) is 14.9 Å². The fourth-order valence-corrected chi connectivity index (χ4v) is 4.10. The average Bonchev–Trinajstić information content (AvgIpc) is 3.27. The van der Waals surface area contributed by atoms with Gasteiger partial charge in [-0.05, 0) is 30.7 Å². The molecule has 0 N–H and O–H groups in total. The summed E-state index contributed by atoms with van der Waals surface area (Å²) >= 11 is 0. The maximum Gasteiger partial charge on any atom is 0.256 e. The van der Waals surface area contributed by atoms with E-state index < -0.39 is 17.8 Å². The van der Waals surface area contributed by atoms with E-state index in [-0.39, 0.29) is 12.5 Å². The summed E-state index contributed by atoms with van der Waals surface area (Å²) in [5.74, 6) is -4.06. The van der Waals surface area contributed by atoms with Gasteiger partial charge in [-0.1, -0.05) is 18.2 Å². The Bertz CT molecular complexity index is 1040. The Labute approximate surface area is 154 Å². The number of likely N-dealkylation sites (tertiary alicyclic amines) is 1. The zero-order valence-corrected chi connectivity index (χ0v) is 14.5. The van der Waals surface area contributed by atoms with Gasteiger partial charge in [-0.15, -0.1) is 0 Å². The molecule has 1 amide bonds. The Morgan fingerprint density at radius 1 is 1.11 bits per heavy atom. The number of fused-ring (bicyclic) bond motifs is 2. The van der Waals surface area contributed by atoms with Crippen LogP contribution in [0.4, 0.5) is 8.78 Å². The lowest BCUT2D eigenvalue weighted by atomic mass is 10.0. The topological polar surface area (TPSA) is 46.1 Å². The summed E-state index contributed by atoms with van der Waals surface area (Å²) in [6, 6.07) is 12.9. The molecule has 1 aromatic carbocycles. The zero-order valence-electron chi connectivity index (χ0n) is 14.5. The Hall–Kier alpha value is -2.89. The van der Waals surface area contributed by atoms with E-state index in [4.69, 9.17) is 0 Å². The molecule has 27 heavy (non-hydrogen) atoms. The number of piperidine rings is 1. The lowest BCUT2D eigenvalue weighted by Crippen LogP contribution is -2.37. The Morgan fingerprint density at radius 2 is 1.89 bits per heavy atom. The smallest absolute Gasteiger partial charge is 0.256 e. The molecule has 1 aliphatic heterocycles. The lowest BCUT2D eigenvalue weighted by Gasteiger charge is -2.26. The molecular formula is C21H17F2N3O. The highest BCUT2D eigenvalue weighted by atomic mass is 19.3. The van der Waals surface area contributed by atoms with Crippen LogP contribution in [0, 0.1) is 11.8 Å². The van der Waals surface area contributed by atoms with Crippen LogP contribution < -0.4 is 0 Å². The van der Waals surface area contributed by atoms with Crippen LogP contribution in [-0.2, 0) is 0 Å². The van der Waals surface area contributed by atoms with Crippen LogP contribution in [0.15, 0.2) is 54.9 Å². The van der Waals surface area contributed by atoms with Gasteiger partial charge < -0.3 is 4.90 Å². The number of carbonyl (C=O) groups is 1. The number of hydrogen-bond donors (Lipinski definition) is 0. The number of amides is 1. The first-order chi connectivity index (χ1) is 13.1. The molecule has 0 spiro atoms. The van der Waals surface area contributed by atoms with Gasteiger partial charge in [0.1, 0.15) is 0 Å². The first kappa shape index (κ1) is 16.3. The average molecular weight is 365 g/mol. The molecule has 2 aromatic heterocycles. The number of aromatic nitrogens is 2. The molecule has 4 nitrogen and oxygen atoms in total. The SMILES string of the molecule is O=C(c1cc(-c2ccncc2)nc2ccccc12)N1CCC2C(C1)C2(F)F. The van der Waals surface area contributed by atoms with Crippen LogP contribution in [0.25, 0.3) is 22.2 Å².